The van der Waals surface area contributed by atoms with Crippen molar-refractivity contribution in [3.8, 4) is 5.75 Å². The molecular weight excluding hydrogens is 286 g/mol. The lowest BCUT2D eigenvalue weighted by atomic mass is 9.74. The fourth-order valence-electron chi connectivity index (χ4n) is 3.45. The molecular formula is C16H19NO5. The maximum atomic E-state index is 12.6. The Morgan fingerprint density at radius 1 is 1.41 bits per heavy atom. The van der Waals surface area contributed by atoms with Crippen LogP contribution in [0, 0.1) is 18.3 Å². The number of hydrogen-bond donors (Lipinski definition) is 2. The Balaban J connectivity index is 1.87. The van der Waals surface area contributed by atoms with Crippen LogP contribution in [0.5, 0.6) is 5.75 Å². The average molecular weight is 305 g/mol. The van der Waals surface area contributed by atoms with Gasteiger partial charge in [-0.05, 0) is 31.0 Å². The molecule has 2 N–H and O–H groups in total. The zero-order valence-corrected chi connectivity index (χ0v) is 12.4. The number of aliphatic carboxylic acids is 1. The number of nitrogens with zero attached hydrogens (tertiary/aromatic N) is 1. The molecule has 0 unspecified atom stereocenters. The van der Waals surface area contributed by atoms with Crippen LogP contribution in [0.1, 0.15) is 22.3 Å². The van der Waals surface area contributed by atoms with Crippen molar-refractivity contribution in [1.82, 2.24) is 4.90 Å². The van der Waals surface area contributed by atoms with Crippen LogP contribution >= 0.6 is 0 Å². The molecule has 2 aliphatic rings. The van der Waals surface area contributed by atoms with Crippen molar-refractivity contribution in [2.24, 2.45) is 11.3 Å². The van der Waals surface area contributed by atoms with Gasteiger partial charge in [0.05, 0.1) is 17.6 Å². The molecule has 3 rings (SSSR count). The number of amides is 1. The second-order valence-corrected chi connectivity index (χ2v) is 6.19. The van der Waals surface area contributed by atoms with Crippen molar-refractivity contribution in [3.05, 3.63) is 29.3 Å². The van der Waals surface area contributed by atoms with E-state index < -0.39 is 11.4 Å². The van der Waals surface area contributed by atoms with Gasteiger partial charge in [0.2, 0.25) is 0 Å². The van der Waals surface area contributed by atoms with Crippen molar-refractivity contribution in [2.75, 3.05) is 26.3 Å². The molecule has 0 aliphatic carbocycles. The molecule has 2 heterocycles. The van der Waals surface area contributed by atoms with Gasteiger partial charge in [0, 0.05) is 25.6 Å². The average Bonchev–Trinajstić information content (AvgIpc) is 2.87. The molecule has 0 bridgehead atoms. The summed E-state index contributed by atoms with van der Waals surface area (Å²) in [5.41, 5.74) is 0.152. The van der Waals surface area contributed by atoms with Crippen molar-refractivity contribution in [1.29, 1.82) is 0 Å². The summed E-state index contributed by atoms with van der Waals surface area (Å²) >= 11 is 0. The van der Waals surface area contributed by atoms with E-state index >= 15 is 0 Å². The normalized spacial score (nSPS) is 27.5. The van der Waals surface area contributed by atoms with Gasteiger partial charge in [-0.3, -0.25) is 9.59 Å². The molecule has 22 heavy (non-hydrogen) atoms. The number of ether oxygens (including phenoxy) is 1. The lowest BCUT2D eigenvalue weighted by Gasteiger charge is -2.33. The number of aromatic hydroxyl groups is 1. The first-order valence-electron chi connectivity index (χ1n) is 7.34. The predicted molar refractivity (Wildman–Crippen MR) is 77.7 cm³/mol. The van der Waals surface area contributed by atoms with Crippen LogP contribution in [-0.4, -0.2) is 53.3 Å². The number of carbonyl (C=O) groups excluding carboxylic acids is 1. The Morgan fingerprint density at radius 2 is 2.18 bits per heavy atom. The highest BCUT2D eigenvalue weighted by Gasteiger charge is 2.55. The quantitative estimate of drug-likeness (QED) is 0.859. The third kappa shape index (κ3) is 2.23. The summed E-state index contributed by atoms with van der Waals surface area (Å²) in [4.78, 5) is 25.9. The summed E-state index contributed by atoms with van der Waals surface area (Å²) < 4.78 is 5.38. The van der Waals surface area contributed by atoms with E-state index in [0.29, 0.717) is 26.2 Å². The molecule has 2 saturated heterocycles. The number of carbonyl (C=O) groups is 2. The second-order valence-electron chi connectivity index (χ2n) is 6.19. The van der Waals surface area contributed by atoms with Gasteiger partial charge in [-0.1, -0.05) is 6.07 Å². The molecule has 1 amide bonds. The Morgan fingerprint density at radius 3 is 2.82 bits per heavy atom. The monoisotopic (exact) mass is 305 g/mol. The summed E-state index contributed by atoms with van der Waals surface area (Å²) in [6, 6.07) is 4.87. The smallest absolute Gasteiger partial charge is 0.311 e. The number of carboxylic acids is 1. The molecule has 2 atom stereocenters. The maximum absolute atomic E-state index is 12.6. The number of phenols is 1. The number of carboxylic acid groups (broad SMARTS) is 1. The Bertz CT molecular complexity index is 629. The van der Waals surface area contributed by atoms with Crippen LogP contribution < -0.4 is 0 Å². The van der Waals surface area contributed by atoms with E-state index in [-0.39, 0.29) is 29.7 Å². The molecule has 0 radical (unpaired) electrons. The number of benzene rings is 1. The molecule has 2 fully saturated rings. The van der Waals surface area contributed by atoms with Gasteiger partial charge in [0.25, 0.3) is 5.91 Å². The molecule has 2 aliphatic heterocycles. The van der Waals surface area contributed by atoms with Crippen molar-refractivity contribution < 1.29 is 24.5 Å². The Labute approximate surface area is 128 Å². The molecule has 0 saturated carbocycles. The van der Waals surface area contributed by atoms with E-state index in [1.54, 1.807) is 12.1 Å². The zero-order chi connectivity index (χ0) is 15.9. The van der Waals surface area contributed by atoms with Gasteiger partial charge >= 0.3 is 5.97 Å². The summed E-state index contributed by atoms with van der Waals surface area (Å²) in [6.45, 7) is 3.10. The molecule has 1 aromatic carbocycles. The highest BCUT2D eigenvalue weighted by molar-refractivity contribution is 5.97. The van der Waals surface area contributed by atoms with Gasteiger partial charge in [0.1, 0.15) is 5.75 Å². The molecule has 6 heteroatoms. The fraction of sp³-hybridized carbons (Fsp3) is 0.500. The number of rotatable bonds is 2. The largest absolute Gasteiger partial charge is 0.507 e. The van der Waals surface area contributed by atoms with Crippen LogP contribution in [-0.2, 0) is 9.53 Å². The standard InChI is InChI=1S/C16H19NO5/c1-10-2-3-12(13(18)6-10)14(19)17-7-11-8-22-5-4-16(11,9-17)15(20)21/h2-3,6,11,18H,4-5,7-9H2,1H3,(H,20,21)/t11-,16+/m0/s1. The lowest BCUT2D eigenvalue weighted by molar-refractivity contribution is -0.157. The number of hydrogen-bond acceptors (Lipinski definition) is 4. The van der Waals surface area contributed by atoms with Crippen molar-refractivity contribution >= 4 is 11.9 Å². The van der Waals surface area contributed by atoms with Gasteiger partial charge < -0.3 is 19.8 Å². The molecule has 0 spiro atoms. The maximum Gasteiger partial charge on any atom is 0.311 e. The van der Waals surface area contributed by atoms with Crippen LogP contribution in [0.4, 0.5) is 0 Å². The first-order valence-corrected chi connectivity index (χ1v) is 7.34. The van der Waals surface area contributed by atoms with Crippen molar-refractivity contribution in [3.63, 3.8) is 0 Å². The highest BCUT2D eigenvalue weighted by atomic mass is 16.5. The van der Waals surface area contributed by atoms with Crippen LogP contribution in [0.25, 0.3) is 0 Å². The summed E-state index contributed by atoms with van der Waals surface area (Å²) in [7, 11) is 0. The van der Waals surface area contributed by atoms with E-state index in [1.807, 2.05) is 6.92 Å². The summed E-state index contributed by atoms with van der Waals surface area (Å²) in [5.74, 6) is -1.47. The highest BCUT2D eigenvalue weighted by Crippen LogP contribution is 2.43. The molecule has 118 valence electrons. The van der Waals surface area contributed by atoms with E-state index in [9.17, 15) is 19.8 Å². The number of likely N-dealkylation sites (tertiary alicyclic amines) is 1. The van der Waals surface area contributed by atoms with Crippen molar-refractivity contribution in [2.45, 2.75) is 13.3 Å². The van der Waals surface area contributed by atoms with E-state index in [4.69, 9.17) is 4.74 Å². The second kappa shape index (κ2) is 5.28. The topological polar surface area (TPSA) is 87.1 Å². The first kappa shape index (κ1) is 14.8. The minimum Gasteiger partial charge on any atom is -0.507 e. The molecule has 0 aromatic heterocycles. The zero-order valence-electron chi connectivity index (χ0n) is 12.4. The lowest BCUT2D eigenvalue weighted by Crippen LogP contribution is -2.45. The molecule has 1 aromatic rings. The molecule has 6 nitrogen and oxygen atoms in total. The Hall–Kier alpha value is -2.08. The van der Waals surface area contributed by atoms with E-state index in [2.05, 4.69) is 0 Å². The van der Waals surface area contributed by atoms with Gasteiger partial charge in [-0.2, -0.15) is 0 Å². The van der Waals surface area contributed by atoms with E-state index in [1.165, 1.54) is 11.0 Å². The number of aryl methyl sites for hydroxylation is 1. The van der Waals surface area contributed by atoms with Gasteiger partial charge in [-0.25, -0.2) is 0 Å². The van der Waals surface area contributed by atoms with Crippen LogP contribution in [0.3, 0.4) is 0 Å². The van der Waals surface area contributed by atoms with Gasteiger partial charge in [-0.15, -0.1) is 0 Å². The van der Waals surface area contributed by atoms with E-state index in [0.717, 1.165) is 5.56 Å². The number of phenolic OH excluding ortho intramolecular Hbond substituents is 1. The summed E-state index contributed by atoms with van der Waals surface area (Å²) in [5, 5.41) is 19.6. The SMILES string of the molecule is Cc1ccc(C(=O)N2C[C@H]3COCC[C@@]3(C(=O)O)C2)c(O)c1. The van der Waals surface area contributed by atoms with Crippen LogP contribution in [0.15, 0.2) is 18.2 Å². The minimum absolute atomic E-state index is 0.0690. The fourth-order valence-corrected chi connectivity index (χ4v) is 3.45. The first-order chi connectivity index (χ1) is 10.4. The Kier molecular flexibility index (Phi) is 3.56. The minimum atomic E-state index is -0.922. The third-order valence-electron chi connectivity index (χ3n) is 4.80. The summed E-state index contributed by atoms with van der Waals surface area (Å²) in [6.07, 6.45) is 0.413. The predicted octanol–water partition coefficient (Wildman–Crippen LogP) is 1.26. The van der Waals surface area contributed by atoms with Gasteiger partial charge in [0.15, 0.2) is 0 Å². The third-order valence-corrected chi connectivity index (χ3v) is 4.80. The van der Waals surface area contributed by atoms with Crippen LogP contribution in [0.2, 0.25) is 0 Å². The number of fused-ring (bicyclic) bond motifs is 1.